The molecular weight excluding hydrogens is 720 g/mol. The van der Waals surface area contributed by atoms with Crippen molar-refractivity contribution in [2.75, 3.05) is 0 Å². The second-order valence-corrected chi connectivity index (χ2v) is 31.9. The average molecular weight is 780 g/mol. The number of fused-ring (bicyclic) bond motifs is 5. The Labute approximate surface area is 324 Å². The van der Waals surface area contributed by atoms with Gasteiger partial charge in [0.2, 0.25) is 0 Å². The first kappa shape index (κ1) is 36.3. The number of hydrogen-bond acceptors (Lipinski definition) is 0. The predicted molar refractivity (Wildman–Crippen MR) is 225 cm³/mol. The number of benzene rings is 4. The van der Waals surface area contributed by atoms with E-state index in [-0.39, 0.29) is 21.7 Å². The fourth-order valence-corrected chi connectivity index (χ4v) is 22.6. The van der Waals surface area contributed by atoms with E-state index in [1.54, 1.807) is 41.8 Å². The summed E-state index contributed by atoms with van der Waals surface area (Å²) in [5.74, 6) is 0. The van der Waals surface area contributed by atoms with Crippen molar-refractivity contribution >= 4 is 11.3 Å². The van der Waals surface area contributed by atoms with Crippen molar-refractivity contribution in [1.82, 2.24) is 0 Å². The van der Waals surface area contributed by atoms with E-state index >= 15 is 0 Å². The van der Waals surface area contributed by atoms with Crippen LogP contribution in [-0.2, 0) is 49.3 Å². The van der Waals surface area contributed by atoms with E-state index in [0.717, 1.165) is 12.8 Å². The summed E-state index contributed by atoms with van der Waals surface area (Å²) in [4.78, 5) is 0. The Morgan fingerprint density at radius 3 is 1.60 bits per heavy atom. The van der Waals surface area contributed by atoms with Crippen molar-refractivity contribution in [2.45, 2.75) is 132 Å². The van der Waals surface area contributed by atoms with Gasteiger partial charge in [-0.3, -0.25) is 0 Å². The van der Waals surface area contributed by atoms with Gasteiger partial charge in [0.1, 0.15) is 0 Å². The summed E-state index contributed by atoms with van der Waals surface area (Å²) < 4.78 is 4.13. The molecule has 268 valence electrons. The van der Waals surface area contributed by atoms with Crippen molar-refractivity contribution in [2.24, 2.45) is 0 Å². The molecule has 8 rings (SSSR count). The molecule has 4 aliphatic rings. The molecule has 0 heterocycles. The second-order valence-electron chi connectivity index (χ2n) is 20.2. The third-order valence-corrected chi connectivity index (χ3v) is 25.2. The van der Waals surface area contributed by atoms with Gasteiger partial charge in [-0.15, -0.1) is 0 Å². The average Bonchev–Trinajstić information content (AvgIpc) is 3.73. The summed E-state index contributed by atoms with van der Waals surface area (Å²) in [7, 11) is -1.44. The summed E-state index contributed by atoms with van der Waals surface area (Å²) in [6, 6.07) is 33.7. The first-order valence-corrected chi connectivity index (χ1v) is 27.4. The van der Waals surface area contributed by atoms with Gasteiger partial charge in [0.15, 0.2) is 0 Å². The Morgan fingerprint density at radius 1 is 0.615 bits per heavy atom. The van der Waals surface area contributed by atoms with E-state index in [4.69, 9.17) is 0 Å². The molecule has 4 aromatic rings. The molecule has 2 heteroatoms. The van der Waals surface area contributed by atoms with Gasteiger partial charge in [0, 0.05) is 0 Å². The van der Waals surface area contributed by atoms with E-state index in [2.05, 4.69) is 172 Å². The minimum absolute atomic E-state index is 0.0597. The van der Waals surface area contributed by atoms with E-state index in [1.807, 2.05) is 3.28 Å². The summed E-state index contributed by atoms with van der Waals surface area (Å²) in [5.41, 5.74) is 16.0. The van der Waals surface area contributed by atoms with Crippen LogP contribution in [0.1, 0.15) is 126 Å². The Morgan fingerprint density at radius 2 is 1.10 bits per heavy atom. The molecule has 0 saturated carbocycles. The molecule has 4 aromatic carbocycles. The molecule has 0 saturated heterocycles. The van der Waals surface area contributed by atoms with Gasteiger partial charge >= 0.3 is 326 Å². The Hall–Kier alpha value is -2.67. The topological polar surface area (TPSA) is 0 Å². The van der Waals surface area contributed by atoms with Crippen molar-refractivity contribution < 1.29 is 21.3 Å². The molecule has 1 atom stereocenters. The molecule has 52 heavy (non-hydrogen) atoms. The van der Waals surface area contributed by atoms with E-state index < -0.39 is 29.3 Å². The summed E-state index contributed by atoms with van der Waals surface area (Å²) in [6.07, 6.45) is 11.4. The number of allylic oxidation sites excluding steroid dienone is 4. The van der Waals surface area contributed by atoms with Crippen LogP contribution in [0.4, 0.5) is 0 Å². The summed E-state index contributed by atoms with van der Waals surface area (Å²) >= 11 is -2.66. The van der Waals surface area contributed by atoms with Gasteiger partial charge in [-0.2, -0.15) is 0 Å². The van der Waals surface area contributed by atoms with Gasteiger partial charge < -0.3 is 0 Å². The zero-order valence-corrected chi connectivity index (χ0v) is 37.3. The molecule has 0 aliphatic heterocycles. The predicted octanol–water partition coefficient (Wildman–Crippen LogP) is 13.3. The Balaban J connectivity index is 1.33. The van der Waals surface area contributed by atoms with Gasteiger partial charge in [0.25, 0.3) is 0 Å². The SMILES string of the molecule is CC1(C)CCC(C)(C)c2cc3c(cc21)Cc1cc2c(cc1-3)C(C)(C)C[CH]([Zr]([C]1=CC([Si](C)(C)C)=CC1)=[C](c1ccccc1)c1ccccc1)C2(C)C. The van der Waals surface area contributed by atoms with Crippen LogP contribution < -0.4 is 0 Å². The monoisotopic (exact) mass is 778 g/mol. The minimum atomic E-state index is -2.66. The fraction of sp³-hybridized carbons (Fsp3) is 0.420. The molecule has 0 spiro atoms. The molecule has 0 fully saturated rings. The Bertz CT molecular complexity index is 2140. The van der Waals surface area contributed by atoms with E-state index in [0.29, 0.717) is 3.63 Å². The molecule has 4 aliphatic carbocycles. The maximum absolute atomic E-state index is 2.75. The molecule has 0 aromatic heterocycles. The normalized spacial score (nSPS) is 21.6. The second kappa shape index (κ2) is 12.4. The van der Waals surface area contributed by atoms with E-state index in [9.17, 15) is 0 Å². The van der Waals surface area contributed by atoms with Crippen molar-refractivity contribution in [1.29, 1.82) is 0 Å². The molecule has 0 radical (unpaired) electrons. The van der Waals surface area contributed by atoms with Gasteiger partial charge in [-0.25, -0.2) is 0 Å². The third-order valence-electron chi connectivity index (χ3n) is 13.8. The number of rotatable bonds is 5. The van der Waals surface area contributed by atoms with Crippen LogP contribution in [0, 0.1) is 0 Å². The van der Waals surface area contributed by atoms with Gasteiger partial charge in [-0.05, 0) is 0 Å². The van der Waals surface area contributed by atoms with Gasteiger partial charge in [-0.1, -0.05) is 0 Å². The summed E-state index contributed by atoms with van der Waals surface area (Å²) in [6.45, 7) is 27.9. The van der Waals surface area contributed by atoms with Crippen molar-refractivity contribution in [3.63, 3.8) is 0 Å². The third kappa shape index (κ3) is 5.98. The Kier molecular flexibility index (Phi) is 8.68. The van der Waals surface area contributed by atoms with Crippen LogP contribution in [-0.4, -0.2) is 11.3 Å². The van der Waals surface area contributed by atoms with Crippen LogP contribution in [0.5, 0.6) is 0 Å². The van der Waals surface area contributed by atoms with Gasteiger partial charge in [0.05, 0.1) is 0 Å². The van der Waals surface area contributed by atoms with Crippen molar-refractivity contribution in [3.8, 4) is 11.1 Å². The van der Waals surface area contributed by atoms with Crippen molar-refractivity contribution in [3.05, 3.63) is 150 Å². The molecule has 0 bridgehead atoms. The zero-order chi connectivity index (χ0) is 37.0. The summed E-state index contributed by atoms with van der Waals surface area (Å²) in [5, 5.41) is 1.67. The first-order chi connectivity index (χ1) is 24.4. The fourth-order valence-electron chi connectivity index (χ4n) is 10.4. The number of hydrogen-bond donors (Lipinski definition) is 0. The van der Waals surface area contributed by atoms with Crippen LogP contribution in [0.2, 0.25) is 23.3 Å². The van der Waals surface area contributed by atoms with Crippen LogP contribution in [0.15, 0.2) is 106 Å². The molecular formula is C50H60SiZr. The molecule has 0 N–H and O–H groups in total. The van der Waals surface area contributed by atoms with Crippen LogP contribution in [0.3, 0.4) is 0 Å². The van der Waals surface area contributed by atoms with E-state index in [1.165, 1.54) is 41.5 Å². The zero-order valence-electron chi connectivity index (χ0n) is 33.9. The van der Waals surface area contributed by atoms with Crippen LogP contribution in [0.25, 0.3) is 11.1 Å². The molecule has 0 nitrogen and oxygen atoms in total. The first-order valence-electron chi connectivity index (χ1n) is 20.0. The quantitative estimate of drug-likeness (QED) is 0.156. The molecule has 0 amide bonds. The van der Waals surface area contributed by atoms with Crippen LogP contribution >= 0.6 is 0 Å². The molecule has 1 unspecified atom stereocenters. The standard InChI is InChI=1S/C29H37.C13H10.C8H13Si.Zr/c1-26(2)9-11-28(5,6)24-16-20-18(14-22(24)26)13-19-15-23-25(17-21(19)20)29(7,8)12-10-27(23,3)4;1-3-7-12(8-4-1)11-13-9-5-2-6-10-13;1-9(2,3)8-6-4-5-7-8;/h9,14-17H,10-13H2,1-8H3;1-10H;6-7H,4H2,1-3H3;. The maximum atomic E-state index is 2.75.